The van der Waals surface area contributed by atoms with Crippen LogP contribution >= 0.6 is 0 Å². The number of carbonyl (C=O) groups excluding carboxylic acids is 1. The lowest BCUT2D eigenvalue weighted by atomic mass is 9.69. The molecule has 5 aliphatic heterocycles. The van der Waals surface area contributed by atoms with Gasteiger partial charge in [-0.05, 0) is 79.9 Å². The van der Waals surface area contributed by atoms with Crippen LogP contribution in [-0.4, -0.2) is 49.3 Å². The average Bonchev–Trinajstić information content (AvgIpc) is 3.24. The van der Waals surface area contributed by atoms with Crippen molar-refractivity contribution in [3.8, 4) is 5.75 Å². The highest BCUT2D eigenvalue weighted by molar-refractivity contribution is 5.79. The minimum absolute atomic E-state index is 0.0160. The molecule has 0 aromatic heterocycles. The summed E-state index contributed by atoms with van der Waals surface area (Å²) in [7, 11) is 0. The zero-order valence-corrected chi connectivity index (χ0v) is 24.1. The number of carbonyl (C=O) groups is 1. The number of aliphatic hydroxyl groups excluding tert-OH is 1. The lowest BCUT2D eigenvalue weighted by Gasteiger charge is -2.47. The molecule has 1 N–H and O–H groups in total. The van der Waals surface area contributed by atoms with Crippen LogP contribution in [0.15, 0.2) is 35.9 Å². The van der Waals surface area contributed by atoms with Crippen LogP contribution in [0.3, 0.4) is 0 Å². The molecule has 1 fully saturated rings. The van der Waals surface area contributed by atoms with E-state index in [9.17, 15) is 4.79 Å². The topological polar surface area (TPSA) is 53.0 Å². The smallest absolute Gasteiger partial charge is 0.132 e. The molecule has 0 saturated carbocycles. The Morgan fingerprint density at radius 2 is 1.88 bits per heavy atom. The summed E-state index contributed by atoms with van der Waals surface area (Å²) in [5.41, 5.74) is 10.2. The molecule has 1 saturated heterocycles. The number of fused-ring (bicyclic) bond motifs is 7. The van der Waals surface area contributed by atoms with Crippen molar-refractivity contribution in [1.82, 2.24) is 0 Å². The lowest BCUT2D eigenvalue weighted by molar-refractivity contribution is -0.119. The monoisotopic (exact) mass is 540 g/mol. The van der Waals surface area contributed by atoms with Crippen LogP contribution in [-0.2, 0) is 23.1 Å². The van der Waals surface area contributed by atoms with Crippen LogP contribution < -0.4 is 14.5 Å². The summed E-state index contributed by atoms with van der Waals surface area (Å²) in [5, 5.41) is 9.01. The van der Waals surface area contributed by atoms with Gasteiger partial charge in [-0.1, -0.05) is 38.0 Å². The van der Waals surface area contributed by atoms with Crippen molar-refractivity contribution in [3.05, 3.63) is 58.2 Å². The number of hydrogen-bond donors (Lipinski definition) is 1. The van der Waals surface area contributed by atoms with E-state index in [4.69, 9.17) is 9.84 Å². The number of rotatable bonds is 9. The summed E-state index contributed by atoms with van der Waals surface area (Å²) in [6.45, 7) is 5.99. The highest BCUT2D eigenvalue weighted by Crippen LogP contribution is 2.55. The Labute approximate surface area is 239 Å². The van der Waals surface area contributed by atoms with Crippen LogP contribution in [0.4, 0.5) is 11.4 Å². The van der Waals surface area contributed by atoms with E-state index >= 15 is 0 Å². The Kier molecular flexibility index (Phi) is 6.90. The Bertz CT molecular complexity index is 1330. The van der Waals surface area contributed by atoms with E-state index in [1.807, 2.05) is 0 Å². The first-order valence-corrected chi connectivity index (χ1v) is 15.9. The van der Waals surface area contributed by atoms with Gasteiger partial charge in [0.25, 0.3) is 0 Å². The normalized spacial score (nSPS) is 25.7. The van der Waals surface area contributed by atoms with Crippen molar-refractivity contribution in [3.63, 3.8) is 0 Å². The van der Waals surface area contributed by atoms with Gasteiger partial charge >= 0.3 is 0 Å². The van der Waals surface area contributed by atoms with Gasteiger partial charge in [-0.15, -0.1) is 0 Å². The van der Waals surface area contributed by atoms with Gasteiger partial charge in [0.1, 0.15) is 17.6 Å². The summed E-state index contributed by atoms with van der Waals surface area (Å²) in [6, 6.07) is 11.8. The molecule has 2 aromatic carbocycles. The number of benzene rings is 2. The molecule has 0 bridgehead atoms. The largest absolute Gasteiger partial charge is 0.485 e. The molecule has 40 heavy (non-hydrogen) atoms. The van der Waals surface area contributed by atoms with Gasteiger partial charge < -0.3 is 19.6 Å². The summed E-state index contributed by atoms with van der Waals surface area (Å²) >= 11 is 0. The van der Waals surface area contributed by atoms with Crippen molar-refractivity contribution in [1.29, 1.82) is 0 Å². The second-order valence-electron chi connectivity index (χ2n) is 13.0. The number of aryl methyl sites for hydroxylation is 1. The molecule has 0 radical (unpaired) electrons. The van der Waals surface area contributed by atoms with E-state index < -0.39 is 0 Å². The van der Waals surface area contributed by atoms with Crippen LogP contribution in [0.1, 0.15) is 93.4 Å². The lowest BCUT2D eigenvalue weighted by Crippen LogP contribution is -2.53. The minimum Gasteiger partial charge on any atom is -0.485 e. The number of ether oxygens (including phenoxy) is 1. The average molecular weight is 541 g/mol. The zero-order chi connectivity index (χ0) is 27.3. The third-order valence-electron chi connectivity index (χ3n) is 10.4. The molecular formula is C35H44N2O3. The third-order valence-corrected chi connectivity index (χ3v) is 10.4. The second kappa shape index (κ2) is 10.6. The zero-order valence-electron chi connectivity index (χ0n) is 24.1. The Hall–Kier alpha value is -2.79. The van der Waals surface area contributed by atoms with Gasteiger partial charge in [-0.2, -0.15) is 0 Å². The number of unbranched alkanes of at least 4 members (excludes halogenated alkanes) is 2. The molecule has 5 heterocycles. The van der Waals surface area contributed by atoms with Gasteiger partial charge in [-0.3, -0.25) is 4.79 Å². The maximum atomic E-state index is 12.1. The van der Waals surface area contributed by atoms with Crippen LogP contribution in [0.25, 0.3) is 6.08 Å². The molecule has 7 rings (SSSR count). The van der Waals surface area contributed by atoms with Crippen molar-refractivity contribution in [2.45, 2.75) is 102 Å². The molecule has 2 aromatic rings. The molecule has 3 atom stereocenters. The molecule has 5 nitrogen and oxygen atoms in total. The molecule has 0 spiro atoms. The number of ketones is 1. The summed E-state index contributed by atoms with van der Waals surface area (Å²) < 4.78 is 7.03. The number of para-hydroxylation sites is 1. The van der Waals surface area contributed by atoms with Gasteiger partial charge in [0, 0.05) is 73.4 Å². The highest BCUT2D eigenvalue weighted by atomic mass is 16.5. The molecule has 212 valence electrons. The van der Waals surface area contributed by atoms with Crippen LogP contribution in [0, 0.1) is 0 Å². The van der Waals surface area contributed by atoms with Crippen LogP contribution in [0.2, 0.25) is 0 Å². The van der Waals surface area contributed by atoms with Crippen molar-refractivity contribution in [2.24, 2.45) is 0 Å². The maximum Gasteiger partial charge on any atom is 0.132 e. The molecule has 5 heteroatoms. The van der Waals surface area contributed by atoms with E-state index in [-0.39, 0.29) is 18.1 Å². The predicted octanol–water partition coefficient (Wildman–Crippen LogP) is 6.37. The van der Waals surface area contributed by atoms with E-state index in [0.29, 0.717) is 31.1 Å². The predicted molar refractivity (Wildman–Crippen MR) is 162 cm³/mol. The first-order chi connectivity index (χ1) is 19.6. The Morgan fingerprint density at radius 3 is 2.75 bits per heavy atom. The fourth-order valence-corrected chi connectivity index (χ4v) is 8.62. The number of piperidine rings is 1. The Morgan fingerprint density at radius 1 is 1.05 bits per heavy atom. The molecule has 3 unspecified atom stereocenters. The van der Waals surface area contributed by atoms with Gasteiger partial charge in [0.15, 0.2) is 0 Å². The van der Waals surface area contributed by atoms with Crippen molar-refractivity contribution >= 4 is 23.2 Å². The van der Waals surface area contributed by atoms with Crippen molar-refractivity contribution < 1.29 is 14.6 Å². The van der Waals surface area contributed by atoms with Gasteiger partial charge in [-0.25, -0.2) is 0 Å². The Balaban J connectivity index is 1.19. The first-order valence-electron chi connectivity index (χ1n) is 15.9. The fourth-order valence-electron chi connectivity index (χ4n) is 8.62. The van der Waals surface area contributed by atoms with Crippen molar-refractivity contribution in [2.75, 3.05) is 36.0 Å². The van der Waals surface area contributed by atoms with E-state index in [1.54, 1.807) is 0 Å². The summed E-state index contributed by atoms with van der Waals surface area (Å²) in [6.07, 6.45) is 14.5. The molecule has 5 aliphatic rings. The molecular weight excluding hydrogens is 496 g/mol. The molecule has 0 aliphatic carbocycles. The quantitative estimate of drug-likeness (QED) is 0.375. The fraction of sp³-hybridized carbons (Fsp3) is 0.571. The molecule has 0 amide bonds. The summed E-state index contributed by atoms with van der Waals surface area (Å²) in [5.74, 6) is 1.47. The SMILES string of the molecule is CC1(CCCCCC(=O)CCCO)c2ccccc2N2CCC3Oc4c(cc5c6c4CCCN6CCC5)C=C3C21. The highest BCUT2D eigenvalue weighted by Gasteiger charge is 2.53. The number of nitrogens with zero attached hydrogens (tertiary/aromatic N) is 2. The van der Waals surface area contributed by atoms with Gasteiger partial charge in [0.2, 0.25) is 0 Å². The minimum atomic E-state index is 0.0160. The number of hydrogen-bond acceptors (Lipinski definition) is 5. The van der Waals surface area contributed by atoms with Gasteiger partial charge in [0.05, 0.1) is 6.04 Å². The second-order valence-corrected chi connectivity index (χ2v) is 13.0. The van der Waals surface area contributed by atoms with Crippen LogP contribution in [0.5, 0.6) is 5.75 Å². The van der Waals surface area contributed by atoms with E-state index in [2.05, 4.69) is 53.1 Å². The maximum absolute atomic E-state index is 12.1. The number of Topliss-reactive ketones (excluding diaryl/α,β-unsaturated/α-hetero) is 1. The third kappa shape index (κ3) is 4.27. The number of aliphatic hydroxyl groups is 1. The van der Waals surface area contributed by atoms with E-state index in [0.717, 1.165) is 45.1 Å². The standard InChI is InChI=1S/C35H44N2O3/c1-35(17-6-2-3-11-26(39)12-9-21-38)29-14-4-5-15-30(29)37-20-16-31-28(34(35)37)23-25-22-24-10-7-18-36-19-8-13-27(32(24)36)33(25)40-31/h4-5,14-15,22-23,31,34,38H,2-3,6-13,16-21H2,1H3. The van der Waals surface area contributed by atoms with E-state index in [1.165, 1.54) is 77.3 Å². The number of anilines is 2. The first kappa shape index (κ1) is 26.1. The summed E-state index contributed by atoms with van der Waals surface area (Å²) in [4.78, 5) is 17.4.